The highest BCUT2D eigenvalue weighted by molar-refractivity contribution is 8.18. The topological polar surface area (TPSA) is 79.6 Å². The number of thioether (sulfide) groups is 1. The maximum absolute atomic E-state index is 13.1. The minimum absolute atomic E-state index is 0.132. The van der Waals surface area contributed by atoms with Crippen molar-refractivity contribution in [2.75, 3.05) is 7.11 Å². The molecular formula is C30H21ClN2O4S. The van der Waals surface area contributed by atoms with Crippen LogP contribution in [-0.4, -0.2) is 23.2 Å². The van der Waals surface area contributed by atoms with Crippen LogP contribution in [0.1, 0.15) is 22.3 Å². The van der Waals surface area contributed by atoms with Gasteiger partial charge in [0, 0.05) is 5.56 Å². The third-order valence-corrected chi connectivity index (χ3v) is 7.28. The molecule has 0 radical (unpaired) electrons. The summed E-state index contributed by atoms with van der Waals surface area (Å²) >= 11 is 7.41. The average molecular weight is 541 g/mol. The van der Waals surface area contributed by atoms with E-state index in [1.165, 1.54) is 12.0 Å². The van der Waals surface area contributed by atoms with Crippen molar-refractivity contribution < 1.29 is 19.1 Å². The largest absolute Gasteiger partial charge is 0.493 e. The van der Waals surface area contributed by atoms with E-state index < -0.39 is 0 Å². The first-order valence-corrected chi connectivity index (χ1v) is 12.9. The minimum Gasteiger partial charge on any atom is -0.493 e. The first-order chi connectivity index (χ1) is 18.5. The second kappa shape index (κ2) is 11.0. The first kappa shape index (κ1) is 25.4. The van der Waals surface area contributed by atoms with E-state index in [1.807, 2.05) is 48.5 Å². The maximum Gasteiger partial charge on any atom is 0.293 e. The van der Waals surface area contributed by atoms with Gasteiger partial charge in [-0.1, -0.05) is 66.2 Å². The van der Waals surface area contributed by atoms with Gasteiger partial charge in [0.15, 0.2) is 11.5 Å². The summed E-state index contributed by atoms with van der Waals surface area (Å²) in [5.74, 6) is 0.328. The molecule has 0 saturated carbocycles. The molecule has 0 N–H and O–H groups in total. The number of nitrogens with zero attached hydrogens (tertiary/aromatic N) is 2. The van der Waals surface area contributed by atoms with E-state index in [9.17, 15) is 14.9 Å². The van der Waals surface area contributed by atoms with Gasteiger partial charge in [0.25, 0.3) is 11.1 Å². The number of fused-ring (bicyclic) bond motifs is 1. The summed E-state index contributed by atoms with van der Waals surface area (Å²) in [6, 6.07) is 26.4. The molecular weight excluding hydrogens is 520 g/mol. The Bertz CT molecular complexity index is 1640. The number of carbonyl (C=O) groups is 2. The van der Waals surface area contributed by atoms with Crippen molar-refractivity contribution in [1.29, 1.82) is 5.26 Å². The predicted molar refractivity (Wildman–Crippen MR) is 149 cm³/mol. The van der Waals surface area contributed by atoms with E-state index in [0.29, 0.717) is 27.5 Å². The number of halogens is 1. The van der Waals surface area contributed by atoms with Gasteiger partial charge in [0.1, 0.15) is 6.61 Å². The summed E-state index contributed by atoms with van der Waals surface area (Å²) in [5, 5.41) is 11.4. The van der Waals surface area contributed by atoms with Gasteiger partial charge in [-0.25, -0.2) is 0 Å². The van der Waals surface area contributed by atoms with Crippen LogP contribution in [0.2, 0.25) is 5.02 Å². The molecule has 5 rings (SSSR count). The number of amides is 2. The smallest absolute Gasteiger partial charge is 0.293 e. The molecule has 8 heteroatoms. The molecule has 1 aliphatic rings. The molecule has 0 atom stereocenters. The Balaban J connectivity index is 1.35. The molecule has 188 valence electrons. The van der Waals surface area contributed by atoms with Gasteiger partial charge in [-0.05, 0) is 64.0 Å². The molecule has 38 heavy (non-hydrogen) atoms. The predicted octanol–water partition coefficient (Wildman–Crippen LogP) is 7.19. The summed E-state index contributed by atoms with van der Waals surface area (Å²) in [6.07, 6.45) is 1.62. The first-order valence-electron chi connectivity index (χ1n) is 11.7. The molecule has 0 spiro atoms. The monoisotopic (exact) mass is 540 g/mol. The molecule has 1 saturated heterocycles. The van der Waals surface area contributed by atoms with Gasteiger partial charge >= 0.3 is 0 Å². The summed E-state index contributed by atoms with van der Waals surface area (Å²) in [7, 11) is 1.49. The number of methoxy groups -OCH3 is 1. The van der Waals surface area contributed by atoms with E-state index in [2.05, 4.69) is 6.07 Å². The van der Waals surface area contributed by atoms with Gasteiger partial charge in [-0.3, -0.25) is 14.5 Å². The standard InChI is InChI=1S/C30H21ClN2O4S/c1-36-26-14-20(13-25(31)28(26)37-18-24-9-5-4-8-23(24)16-32)15-27-29(34)33(30(35)38-27)17-19-10-11-21-6-2-3-7-22(21)12-19/h2-15H,17-18H2,1H3/b27-15-. The van der Waals surface area contributed by atoms with Crippen LogP contribution < -0.4 is 9.47 Å². The molecule has 1 heterocycles. The molecule has 0 aromatic heterocycles. The number of nitriles is 1. The fourth-order valence-corrected chi connectivity index (χ4v) is 5.29. The van der Waals surface area contributed by atoms with E-state index >= 15 is 0 Å². The van der Waals surface area contributed by atoms with Crippen LogP contribution in [0.4, 0.5) is 4.79 Å². The summed E-state index contributed by atoms with van der Waals surface area (Å²) < 4.78 is 11.4. The van der Waals surface area contributed by atoms with E-state index in [4.69, 9.17) is 21.1 Å². The molecule has 1 aliphatic heterocycles. The van der Waals surface area contributed by atoms with Gasteiger partial charge in [-0.15, -0.1) is 0 Å². The van der Waals surface area contributed by atoms with Crippen LogP contribution in [0.5, 0.6) is 11.5 Å². The molecule has 0 unspecified atom stereocenters. The number of benzene rings is 4. The number of hydrogen-bond acceptors (Lipinski definition) is 6. The third kappa shape index (κ3) is 5.23. The van der Waals surface area contributed by atoms with E-state index in [1.54, 1.807) is 36.4 Å². The van der Waals surface area contributed by atoms with Crippen molar-refractivity contribution in [1.82, 2.24) is 4.90 Å². The summed E-state index contributed by atoms with van der Waals surface area (Å²) in [5.41, 5.74) is 2.69. The minimum atomic E-state index is -0.364. The van der Waals surface area contributed by atoms with Crippen LogP contribution in [0, 0.1) is 11.3 Å². The zero-order valence-corrected chi connectivity index (χ0v) is 21.9. The Morgan fingerprint density at radius 2 is 1.76 bits per heavy atom. The zero-order chi connectivity index (χ0) is 26.6. The fourth-order valence-electron chi connectivity index (χ4n) is 4.18. The number of hydrogen-bond donors (Lipinski definition) is 0. The maximum atomic E-state index is 13.1. The SMILES string of the molecule is COc1cc(/C=C2\SC(=O)N(Cc3ccc4ccccc4c3)C2=O)cc(Cl)c1OCc1ccccc1C#N. The van der Waals surface area contributed by atoms with Crippen molar-refractivity contribution in [2.24, 2.45) is 0 Å². The molecule has 1 fully saturated rings. The third-order valence-electron chi connectivity index (χ3n) is 6.09. The van der Waals surface area contributed by atoms with Crippen molar-refractivity contribution in [3.63, 3.8) is 0 Å². The Labute approximate surface area is 229 Å². The van der Waals surface area contributed by atoms with Crippen molar-refractivity contribution in [3.8, 4) is 17.6 Å². The zero-order valence-electron chi connectivity index (χ0n) is 20.3. The lowest BCUT2D eigenvalue weighted by molar-refractivity contribution is -0.123. The summed E-state index contributed by atoms with van der Waals surface area (Å²) in [6.45, 7) is 0.320. The lowest BCUT2D eigenvalue weighted by atomic mass is 10.1. The van der Waals surface area contributed by atoms with E-state index in [0.717, 1.165) is 33.7 Å². The van der Waals surface area contributed by atoms with Crippen LogP contribution in [-0.2, 0) is 17.9 Å². The normalized spacial score (nSPS) is 14.2. The van der Waals surface area contributed by atoms with Crippen molar-refractivity contribution >= 4 is 51.4 Å². The van der Waals surface area contributed by atoms with Gasteiger partial charge in [0.05, 0.1) is 35.2 Å². The number of ether oxygens (including phenoxy) is 2. The Kier molecular flexibility index (Phi) is 7.36. The van der Waals surface area contributed by atoms with Gasteiger partial charge in [-0.2, -0.15) is 5.26 Å². The highest BCUT2D eigenvalue weighted by Gasteiger charge is 2.35. The van der Waals surface area contributed by atoms with Crippen LogP contribution in [0.15, 0.2) is 83.8 Å². The molecule has 0 aliphatic carbocycles. The molecule has 0 bridgehead atoms. The van der Waals surface area contributed by atoms with Crippen LogP contribution in [0.25, 0.3) is 16.8 Å². The second-order valence-corrected chi connectivity index (χ2v) is 9.94. The number of rotatable bonds is 7. The Morgan fingerprint density at radius 1 is 1.00 bits per heavy atom. The Hall–Kier alpha value is -4.25. The van der Waals surface area contributed by atoms with Crippen LogP contribution in [0.3, 0.4) is 0 Å². The number of carbonyl (C=O) groups excluding carboxylic acids is 2. The highest BCUT2D eigenvalue weighted by Crippen LogP contribution is 2.39. The highest BCUT2D eigenvalue weighted by atomic mass is 35.5. The number of imide groups is 1. The molecule has 4 aromatic rings. The lowest BCUT2D eigenvalue weighted by Crippen LogP contribution is -2.27. The summed E-state index contributed by atoms with van der Waals surface area (Å²) in [4.78, 5) is 27.4. The van der Waals surface area contributed by atoms with Crippen LogP contribution >= 0.6 is 23.4 Å². The molecule has 6 nitrogen and oxygen atoms in total. The van der Waals surface area contributed by atoms with E-state index in [-0.39, 0.29) is 29.3 Å². The van der Waals surface area contributed by atoms with Crippen molar-refractivity contribution in [3.05, 3.63) is 111 Å². The van der Waals surface area contributed by atoms with Gasteiger partial charge < -0.3 is 9.47 Å². The second-order valence-electron chi connectivity index (χ2n) is 8.54. The quantitative estimate of drug-likeness (QED) is 0.231. The van der Waals surface area contributed by atoms with Crippen molar-refractivity contribution in [2.45, 2.75) is 13.2 Å². The fraction of sp³-hybridized carbons (Fsp3) is 0.100. The Morgan fingerprint density at radius 3 is 2.55 bits per heavy atom. The molecule has 4 aromatic carbocycles. The lowest BCUT2D eigenvalue weighted by Gasteiger charge is -2.14. The van der Waals surface area contributed by atoms with Gasteiger partial charge in [0.2, 0.25) is 0 Å². The average Bonchev–Trinajstić information content (AvgIpc) is 3.19. The molecule has 2 amide bonds.